The first-order valence-corrected chi connectivity index (χ1v) is 7.55. The van der Waals surface area contributed by atoms with Crippen molar-refractivity contribution >= 4 is 5.82 Å². The fraction of sp³-hybridized carbons (Fsp3) is 0.600. The molecule has 2 N–H and O–H groups in total. The second-order valence-electron chi connectivity index (χ2n) is 5.74. The number of hydrogen-bond acceptors (Lipinski definition) is 3. The van der Waals surface area contributed by atoms with Crippen molar-refractivity contribution in [3.05, 3.63) is 18.2 Å². The molecule has 5 heteroatoms. The van der Waals surface area contributed by atoms with Crippen molar-refractivity contribution in [2.24, 2.45) is 7.05 Å². The summed E-state index contributed by atoms with van der Waals surface area (Å²) in [7, 11) is 2.02. The van der Waals surface area contributed by atoms with Gasteiger partial charge in [-0.2, -0.15) is 5.10 Å². The van der Waals surface area contributed by atoms with E-state index in [1.54, 1.807) is 0 Å². The first kappa shape index (κ1) is 13.2. The van der Waals surface area contributed by atoms with Crippen molar-refractivity contribution in [2.45, 2.75) is 51.5 Å². The summed E-state index contributed by atoms with van der Waals surface area (Å²) < 4.78 is 4.02. The van der Waals surface area contributed by atoms with E-state index < -0.39 is 0 Å². The van der Waals surface area contributed by atoms with Crippen molar-refractivity contribution in [3.8, 4) is 11.3 Å². The van der Waals surface area contributed by atoms with Crippen molar-refractivity contribution < 1.29 is 0 Å². The minimum absolute atomic E-state index is 0.571. The molecule has 1 fully saturated rings. The maximum absolute atomic E-state index is 6.25. The van der Waals surface area contributed by atoms with E-state index in [0.29, 0.717) is 5.92 Å². The average Bonchev–Trinajstić information content (AvgIpc) is 3.14. The number of nitrogens with two attached hydrogens (primary N) is 1. The number of imidazole rings is 1. The van der Waals surface area contributed by atoms with Crippen LogP contribution in [-0.2, 0) is 13.6 Å². The van der Waals surface area contributed by atoms with Gasteiger partial charge in [-0.3, -0.25) is 4.68 Å². The lowest BCUT2D eigenvalue weighted by molar-refractivity contribution is 0.603. The van der Waals surface area contributed by atoms with Gasteiger partial charge in [0.15, 0.2) is 0 Å². The lowest BCUT2D eigenvalue weighted by atomic mass is 10.1. The summed E-state index contributed by atoms with van der Waals surface area (Å²) in [5.74, 6) is 2.46. The second-order valence-corrected chi connectivity index (χ2v) is 5.74. The fourth-order valence-electron chi connectivity index (χ4n) is 3.13. The summed E-state index contributed by atoms with van der Waals surface area (Å²) in [5.41, 5.74) is 8.16. The Balaban J connectivity index is 1.94. The summed E-state index contributed by atoms with van der Waals surface area (Å²) in [6.07, 6.45) is 10.1. The molecular weight excluding hydrogens is 250 g/mol. The van der Waals surface area contributed by atoms with Crippen LogP contribution in [0.5, 0.6) is 0 Å². The molecule has 1 saturated carbocycles. The van der Waals surface area contributed by atoms with E-state index in [4.69, 9.17) is 10.7 Å². The van der Waals surface area contributed by atoms with E-state index in [0.717, 1.165) is 35.9 Å². The molecule has 0 radical (unpaired) electrons. The molecule has 1 aliphatic rings. The van der Waals surface area contributed by atoms with E-state index in [9.17, 15) is 0 Å². The zero-order chi connectivity index (χ0) is 14.1. The number of aromatic nitrogens is 4. The molecule has 0 aromatic carbocycles. The number of nitrogens with zero attached hydrogens (tertiary/aromatic N) is 4. The number of hydrogen-bond donors (Lipinski definition) is 1. The SMILES string of the molecule is CCCn1cc(-c2nc(C3CCCC3)n(C)c2N)cn1. The molecule has 0 bridgehead atoms. The topological polar surface area (TPSA) is 61.7 Å². The highest BCUT2D eigenvalue weighted by atomic mass is 15.3. The van der Waals surface area contributed by atoms with Gasteiger partial charge >= 0.3 is 0 Å². The third-order valence-electron chi connectivity index (χ3n) is 4.25. The van der Waals surface area contributed by atoms with Crippen LogP contribution in [0.4, 0.5) is 5.82 Å². The van der Waals surface area contributed by atoms with Crippen LogP contribution in [0, 0.1) is 0 Å². The van der Waals surface area contributed by atoms with Crippen molar-refractivity contribution in [2.75, 3.05) is 5.73 Å². The average molecular weight is 273 g/mol. The van der Waals surface area contributed by atoms with Gasteiger partial charge in [0.05, 0.1) is 6.20 Å². The third kappa shape index (κ3) is 2.21. The number of aryl methyl sites for hydroxylation is 1. The summed E-state index contributed by atoms with van der Waals surface area (Å²) in [6, 6.07) is 0. The second kappa shape index (κ2) is 5.31. The van der Waals surface area contributed by atoms with E-state index in [1.165, 1.54) is 25.7 Å². The van der Waals surface area contributed by atoms with Crippen LogP contribution >= 0.6 is 0 Å². The van der Waals surface area contributed by atoms with Gasteiger partial charge in [-0.15, -0.1) is 0 Å². The molecule has 2 heterocycles. The smallest absolute Gasteiger partial charge is 0.131 e. The standard InChI is InChI=1S/C15H23N5/c1-3-8-20-10-12(9-17-20)13-14(16)19(2)15(18-13)11-6-4-5-7-11/h9-11H,3-8,16H2,1-2H3. The Morgan fingerprint density at radius 2 is 2.10 bits per heavy atom. The molecule has 0 aliphatic heterocycles. The Labute approximate surface area is 119 Å². The van der Waals surface area contributed by atoms with Crippen LogP contribution in [0.3, 0.4) is 0 Å². The highest BCUT2D eigenvalue weighted by Gasteiger charge is 2.24. The monoisotopic (exact) mass is 273 g/mol. The summed E-state index contributed by atoms with van der Waals surface area (Å²) >= 11 is 0. The molecular formula is C15H23N5. The van der Waals surface area contributed by atoms with Crippen LogP contribution in [0.25, 0.3) is 11.3 Å². The van der Waals surface area contributed by atoms with Gasteiger partial charge in [-0.1, -0.05) is 19.8 Å². The Morgan fingerprint density at radius 1 is 1.35 bits per heavy atom. The van der Waals surface area contributed by atoms with Crippen molar-refractivity contribution in [1.29, 1.82) is 0 Å². The van der Waals surface area contributed by atoms with Crippen LogP contribution < -0.4 is 5.73 Å². The highest BCUT2D eigenvalue weighted by Crippen LogP contribution is 2.36. The van der Waals surface area contributed by atoms with Gasteiger partial charge in [0, 0.05) is 31.3 Å². The van der Waals surface area contributed by atoms with Gasteiger partial charge in [0.1, 0.15) is 17.3 Å². The van der Waals surface area contributed by atoms with Crippen LogP contribution in [0.1, 0.15) is 50.8 Å². The summed E-state index contributed by atoms with van der Waals surface area (Å²) in [4.78, 5) is 4.82. The molecule has 2 aromatic rings. The zero-order valence-electron chi connectivity index (χ0n) is 12.3. The molecule has 3 rings (SSSR count). The molecule has 20 heavy (non-hydrogen) atoms. The predicted octanol–water partition coefficient (Wildman–Crippen LogP) is 2.93. The first-order valence-electron chi connectivity index (χ1n) is 7.55. The number of rotatable bonds is 4. The molecule has 0 unspecified atom stereocenters. The predicted molar refractivity (Wildman–Crippen MR) is 80.3 cm³/mol. The normalized spacial score (nSPS) is 16.1. The van der Waals surface area contributed by atoms with E-state index in [-0.39, 0.29) is 0 Å². The minimum atomic E-state index is 0.571. The first-order chi connectivity index (χ1) is 9.70. The van der Waals surface area contributed by atoms with Gasteiger partial charge in [0.2, 0.25) is 0 Å². The molecule has 0 amide bonds. The Morgan fingerprint density at radius 3 is 2.80 bits per heavy atom. The van der Waals surface area contributed by atoms with Crippen LogP contribution in [-0.4, -0.2) is 19.3 Å². The highest BCUT2D eigenvalue weighted by molar-refractivity contribution is 5.70. The largest absolute Gasteiger partial charge is 0.383 e. The van der Waals surface area contributed by atoms with Crippen LogP contribution in [0.15, 0.2) is 12.4 Å². The van der Waals surface area contributed by atoms with Gasteiger partial charge in [-0.25, -0.2) is 4.98 Å². The van der Waals surface area contributed by atoms with Gasteiger partial charge in [-0.05, 0) is 19.3 Å². The summed E-state index contributed by atoms with van der Waals surface area (Å²) in [5, 5.41) is 4.37. The maximum atomic E-state index is 6.25. The molecule has 5 nitrogen and oxygen atoms in total. The van der Waals surface area contributed by atoms with Crippen molar-refractivity contribution in [3.63, 3.8) is 0 Å². The lowest BCUT2D eigenvalue weighted by Gasteiger charge is -2.08. The Kier molecular flexibility index (Phi) is 3.51. The molecule has 108 valence electrons. The van der Waals surface area contributed by atoms with E-state index >= 15 is 0 Å². The number of anilines is 1. The molecule has 0 atom stereocenters. The molecule has 0 spiro atoms. The summed E-state index contributed by atoms with van der Waals surface area (Å²) in [6.45, 7) is 3.08. The minimum Gasteiger partial charge on any atom is -0.383 e. The lowest BCUT2D eigenvalue weighted by Crippen LogP contribution is -2.05. The van der Waals surface area contributed by atoms with Gasteiger partial charge < -0.3 is 10.3 Å². The Bertz CT molecular complexity index is 589. The molecule has 2 aromatic heterocycles. The van der Waals surface area contributed by atoms with E-state index in [2.05, 4.69) is 16.6 Å². The van der Waals surface area contributed by atoms with E-state index in [1.807, 2.05) is 24.1 Å². The third-order valence-corrected chi connectivity index (χ3v) is 4.25. The molecule has 1 aliphatic carbocycles. The number of nitrogen functional groups attached to an aromatic ring is 1. The van der Waals surface area contributed by atoms with Crippen LogP contribution in [0.2, 0.25) is 0 Å². The van der Waals surface area contributed by atoms with Crippen molar-refractivity contribution in [1.82, 2.24) is 19.3 Å². The molecule has 0 saturated heterocycles. The maximum Gasteiger partial charge on any atom is 0.131 e. The zero-order valence-corrected chi connectivity index (χ0v) is 12.3. The Hall–Kier alpha value is -1.78. The fourth-order valence-corrected chi connectivity index (χ4v) is 3.13. The quantitative estimate of drug-likeness (QED) is 0.931. The van der Waals surface area contributed by atoms with Gasteiger partial charge in [0.25, 0.3) is 0 Å².